The highest BCUT2D eigenvalue weighted by atomic mass is 16.6. The van der Waals surface area contributed by atoms with Gasteiger partial charge in [-0.1, -0.05) is 44.2 Å². The number of imide groups is 1. The Morgan fingerprint density at radius 1 is 0.851 bits per heavy atom. The summed E-state index contributed by atoms with van der Waals surface area (Å²) in [6.07, 6.45) is 7.82. The van der Waals surface area contributed by atoms with Crippen LogP contribution in [0.25, 0.3) is 11.0 Å². The number of fused-ring (bicyclic) bond motifs is 1. The number of benzene rings is 1. The zero-order valence-corrected chi connectivity index (χ0v) is 29.6. The van der Waals surface area contributed by atoms with Crippen LogP contribution in [0.3, 0.4) is 0 Å². The third kappa shape index (κ3) is 9.84. The van der Waals surface area contributed by atoms with Crippen LogP contribution in [0, 0.1) is 11.8 Å². The Labute approximate surface area is 279 Å². The minimum Gasteiger partial charge on any atom is -0.466 e. The second kappa shape index (κ2) is 15.7. The first-order chi connectivity index (χ1) is 22.2. The van der Waals surface area contributed by atoms with Crippen LogP contribution >= 0.6 is 0 Å². The maximum Gasteiger partial charge on any atom is 0.419 e. The van der Waals surface area contributed by atoms with Crippen molar-refractivity contribution in [1.82, 2.24) is 18.9 Å². The topological polar surface area (TPSA) is 112 Å². The molecule has 262 valence electrons. The molecule has 2 fully saturated rings. The van der Waals surface area contributed by atoms with Crippen LogP contribution in [-0.2, 0) is 25.5 Å². The maximum atomic E-state index is 14.3. The van der Waals surface area contributed by atoms with Crippen molar-refractivity contribution in [1.29, 1.82) is 0 Å². The number of para-hydroxylation sites is 2. The van der Waals surface area contributed by atoms with Gasteiger partial charge < -0.3 is 19.1 Å². The molecule has 0 N–H and O–H groups in total. The highest BCUT2D eigenvalue weighted by molar-refractivity contribution is 5.88. The third-order valence-corrected chi connectivity index (χ3v) is 8.97. The molecular formula is C36H56N4O7. The summed E-state index contributed by atoms with van der Waals surface area (Å²) in [6.45, 7) is 14.6. The number of aromatic nitrogens is 2. The largest absolute Gasteiger partial charge is 0.466 e. The van der Waals surface area contributed by atoms with Crippen LogP contribution in [0.4, 0.5) is 9.59 Å². The number of nitrogens with zero attached hydrogens (tertiary/aromatic N) is 4. The lowest BCUT2D eigenvalue weighted by atomic mass is 9.88. The Morgan fingerprint density at radius 3 is 2.00 bits per heavy atom. The van der Waals surface area contributed by atoms with Crippen molar-refractivity contribution in [3.63, 3.8) is 0 Å². The van der Waals surface area contributed by atoms with E-state index in [-0.39, 0.29) is 31.4 Å². The van der Waals surface area contributed by atoms with Gasteiger partial charge in [-0.15, -0.1) is 0 Å². The standard InChI is InChI=1S/C36H56N4O7/c1-8-45-31(41)27-25-37(24-26-16-12-10-9-11-13-17-26)21-20-28(27)40-30-19-15-14-18-29(30)38(32(40)42)22-23-39(33(43)46-35(2,3)4)34(44)47-36(5,6)7/h14-15,18-19,26-28H,8-13,16-17,20-25H2,1-7H3/t27-,28-/m1/s1. The van der Waals surface area contributed by atoms with E-state index < -0.39 is 35.3 Å². The summed E-state index contributed by atoms with van der Waals surface area (Å²) in [6, 6.07) is 7.06. The molecule has 4 rings (SSSR count). The predicted octanol–water partition coefficient (Wildman–Crippen LogP) is 6.76. The van der Waals surface area contributed by atoms with Gasteiger partial charge in [-0.05, 0) is 85.8 Å². The zero-order valence-electron chi connectivity index (χ0n) is 29.6. The van der Waals surface area contributed by atoms with E-state index in [9.17, 15) is 19.2 Å². The number of likely N-dealkylation sites (tertiary alicyclic amines) is 1. The summed E-state index contributed by atoms with van der Waals surface area (Å²) in [5, 5.41) is 0. The average Bonchev–Trinajstić information content (AvgIpc) is 3.23. The molecule has 0 unspecified atom stereocenters. The van der Waals surface area contributed by atoms with Crippen LogP contribution in [0.5, 0.6) is 0 Å². The molecule has 0 radical (unpaired) electrons. The maximum absolute atomic E-state index is 14.3. The fraction of sp³-hybridized carbons (Fsp3) is 0.722. The number of imidazole rings is 1. The lowest BCUT2D eigenvalue weighted by molar-refractivity contribution is -0.152. The number of carbonyl (C=O) groups excluding carboxylic acids is 3. The number of esters is 1. The van der Waals surface area contributed by atoms with E-state index in [1.165, 1.54) is 44.9 Å². The van der Waals surface area contributed by atoms with Gasteiger partial charge in [0.25, 0.3) is 0 Å². The second-order valence-corrected chi connectivity index (χ2v) is 15.1. The lowest BCUT2D eigenvalue weighted by Crippen LogP contribution is -2.48. The number of ether oxygens (including phenoxy) is 3. The molecule has 2 atom stereocenters. The fourth-order valence-corrected chi connectivity index (χ4v) is 6.91. The van der Waals surface area contributed by atoms with Crippen LogP contribution < -0.4 is 5.69 Å². The van der Waals surface area contributed by atoms with E-state index in [4.69, 9.17) is 14.2 Å². The predicted molar refractivity (Wildman–Crippen MR) is 181 cm³/mol. The molecule has 2 aromatic rings. The molecule has 1 saturated carbocycles. The second-order valence-electron chi connectivity index (χ2n) is 15.1. The van der Waals surface area contributed by atoms with Gasteiger partial charge in [0.2, 0.25) is 0 Å². The molecule has 2 amide bonds. The van der Waals surface area contributed by atoms with Crippen molar-refractivity contribution in [3.05, 3.63) is 34.7 Å². The molecule has 1 aromatic carbocycles. The molecule has 1 aliphatic heterocycles. The van der Waals surface area contributed by atoms with Crippen molar-refractivity contribution in [2.45, 2.75) is 124 Å². The SMILES string of the molecule is CCOC(=O)[C@@H]1CN(CC2CCCCCCC2)CC[C@H]1n1c(=O)n(CCN(C(=O)OC(C)(C)C)C(=O)OC(C)(C)C)c2ccccc21. The third-order valence-electron chi connectivity index (χ3n) is 8.97. The molecule has 2 aliphatic rings. The first-order valence-electron chi connectivity index (χ1n) is 17.5. The van der Waals surface area contributed by atoms with Crippen molar-refractivity contribution in [3.8, 4) is 0 Å². The fourth-order valence-electron chi connectivity index (χ4n) is 6.91. The van der Waals surface area contributed by atoms with Crippen molar-refractivity contribution in [2.24, 2.45) is 11.8 Å². The summed E-state index contributed by atoms with van der Waals surface area (Å²) in [5.41, 5.74) is -0.614. The summed E-state index contributed by atoms with van der Waals surface area (Å²) in [7, 11) is 0. The van der Waals surface area contributed by atoms with Gasteiger partial charge in [-0.3, -0.25) is 13.9 Å². The first kappa shape index (κ1) is 36.5. The number of hydrogen-bond donors (Lipinski definition) is 0. The molecule has 1 saturated heterocycles. The van der Waals surface area contributed by atoms with Crippen molar-refractivity contribution in [2.75, 3.05) is 32.8 Å². The average molecular weight is 657 g/mol. The van der Waals surface area contributed by atoms with Crippen LogP contribution in [-0.4, -0.2) is 81.1 Å². The van der Waals surface area contributed by atoms with Crippen LogP contribution in [0.2, 0.25) is 0 Å². The smallest absolute Gasteiger partial charge is 0.419 e. The molecule has 0 bridgehead atoms. The van der Waals surface area contributed by atoms with Crippen LogP contribution in [0.1, 0.15) is 106 Å². The van der Waals surface area contributed by atoms with E-state index in [0.717, 1.165) is 18.0 Å². The van der Waals surface area contributed by atoms with Gasteiger partial charge in [0.15, 0.2) is 0 Å². The number of amides is 2. The molecule has 11 heteroatoms. The van der Waals surface area contributed by atoms with Gasteiger partial charge in [0.05, 0.1) is 36.1 Å². The van der Waals surface area contributed by atoms with E-state index in [2.05, 4.69) is 4.90 Å². The minimum absolute atomic E-state index is 0.0232. The van der Waals surface area contributed by atoms with Gasteiger partial charge in [0, 0.05) is 26.2 Å². The molecule has 1 aliphatic carbocycles. The Balaban J connectivity index is 1.63. The number of piperidine rings is 1. The summed E-state index contributed by atoms with van der Waals surface area (Å²) in [4.78, 5) is 57.4. The highest BCUT2D eigenvalue weighted by Crippen LogP contribution is 2.33. The lowest BCUT2D eigenvalue weighted by Gasteiger charge is -2.39. The van der Waals surface area contributed by atoms with Gasteiger partial charge >= 0.3 is 23.8 Å². The molecule has 11 nitrogen and oxygen atoms in total. The van der Waals surface area contributed by atoms with E-state index in [1.54, 1.807) is 57.6 Å². The zero-order chi connectivity index (χ0) is 34.4. The van der Waals surface area contributed by atoms with E-state index in [1.807, 2.05) is 24.3 Å². The monoisotopic (exact) mass is 656 g/mol. The molecule has 47 heavy (non-hydrogen) atoms. The summed E-state index contributed by atoms with van der Waals surface area (Å²) >= 11 is 0. The number of rotatable bonds is 8. The van der Waals surface area contributed by atoms with Crippen molar-refractivity contribution < 1.29 is 28.6 Å². The molecule has 1 aromatic heterocycles. The number of hydrogen-bond acceptors (Lipinski definition) is 8. The summed E-state index contributed by atoms with van der Waals surface area (Å²) in [5.74, 6) is -0.170. The minimum atomic E-state index is -0.845. The Morgan fingerprint density at radius 2 is 1.43 bits per heavy atom. The van der Waals surface area contributed by atoms with E-state index in [0.29, 0.717) is 29.9 Å². The Hall–Kier alpha value is -3.34. The quantitative estimate of drug-likeness (QED) is 0.226. The molecular weight excluding hydrogens is 600 g/mol. The van der Waals surface area contributed by atoms with E-state index >= 15 is 0 Å². The van der Waals surface area contributed by atoms with Crippen molar-refractivity contribution >= 4 is 29.2 Å². The summed E-state index contributed by atoms with van der Waals surface area (Å²) < 4.78 is 19.9. The Kier molecular flexibility index (Phi) is 12.2. The van der Waals surface area contributed by atoms with Crippen LogP contribution in [0.15, 0.2) is 29.1 Å². The number of carbonyl (C=O) groups is 3. The first-order valence-corrected chi connectivity index (χ1v) is 17.5. The van der Waals surface area contributed by atoms with Gasteiger partial charge in [-0.2, -0.15) is 0 Å². The molecule has 0 spiro atoms. The Bertz CT molecular complexity index is 1400. The molecule has 2 heterocycles. The normalized spacial score (nSPS) is 20.3. The highest BCUT2D eigenvalue weighted by Gasteiger charge is 2.39. The van der Waals surface area contributed by atoms with Gasteiger partial charge in [0.1, 0.15) is 11.2 Å². The van der Waals surface area contributed by atoms with Gasteiger partial charge in [-0.25, -0.2) is 19.3 Å².